The minimum Gasteiger partial charge on any atom is -0.325 e. The van der Waals surface area contributed by atoms with Crippen LogP contribution >= 0.6 is 27.5 Å². The maximum atomic E-state index is 13.3. The number of anilines is 2. The van der Waals surface area contributed by atoms with E-state index in [1.807, 2.05) is 0 Å². The number of hydrogen-bond donors (Lipinski definition) is 2. The summed E-state index contributed by atoms with van der Waals surface area (Å²) in [5.41, 5.74) is 1.05. The quantitative estimate of drug-likeness (QED) is 0.820. The predicted octanol–water partition coefficient (Wildman–Crippen LogP) is 4.45. The Balaban J connectivity index is 2.18. The van der Waals surface area contributed by atoms with E-state index in [0.717, 1.165) is 6.07 Å². The summed E-state index contributed by atoms with van der Waals surface area (Å²) >= 11 is 9.15. The fourth-order valence-corrected chi connectivity index (χ4v) is 2.47. The third-order valence-electron chi connectivity index (χ3n) is 2.66. The van der Waals surface area contributed by atoms with Gasteiger partial charge in [0.2, 0.25) is 5.91 Å². The summed E-state index contributed by atoms with van der Waals surface area (Å²) in [5.74, 6) is -1.23. The third-order valence-corrected chi connectivity index (χ3v) is 3.43. The Kier molecular flexibility index (Phi) is 5.15. The van der Waals surface area contributed by atoms with Crippen LogP contribution in [0.25, 0.3) is 0 Å². The molecule has 114 valence electrons. The summed E-state index contributed by atoms with van der Waals surface area (Å²) in [4.78, 5) is 23.1. The Bertz CT molecular complexity index is 732. The maximum absolute atomic E-state index is 13.3. The lowest BCUT2D eigenvalue weighted by atomic mass is 10.2. The minimum atomic E-state index is -0.515. The minimum absolute atomic E-state index is 0.175. The van der Waals surface area contributed by atoms with E-state index in [9.17, 15) is 14.0 Å². The van der Waals surface area contributed by atoms with Crippen molar-refractivity contribution in [2.75, 3.05) is 10.6 Å². The van der Waals surface area contributed by atoms with Crippen LogP contribution in [-0.4, -0.2) is 11.8 Å². The number of hydrogen-bond acceptors (Lipinski definition) is 2. The van der Waals surface area contributed by atoms with Gasteiger partial charge in [0, 0.05) is 22.6 Å². The van der Waals surface area contributed by atoms with Gasteiger partial charge in [-0.3, -0.25) is 9.59 Å². The fourth-order valence-electron chi connectivity index (χ4n) is 1.77. The lowest BCUT2D eigenvalue weighted by molar-refractivity contribution is -0.114. The lowest BCUT2D eigenvalue weighted by Crippen LogP contribution is -2.12. The van der Waals surface area contributed by atoms with Crippen LogP contribution in [-0.2, 0) is 4.79 Å². The van der Waals surface area contributed by atoms with Crippen LogP contribution in [0.5, 0.6) is 0 Å². The van der Waals surface area contributed by atoms with E-state index in [1.165, 1.54) is 25.1 Å². The number of carbonyl (C=O) groups excluding carboxylic acids is 2. The molecular formula is C15H11BrClFN2O2. The summed E-state index contributed by atoms with van der Waals surface area (Å²) < 4.78 is 13.8. The van der Waals surface area contributed by atoms with Crippen molar-refractivity contribution < 1.29 is 14.0 Å². The number of benzene rings is 2. The van der Waals surface area contributed by atoms with Crippen LogP contribution in [0.15, 0.2) is 40.9 Å². The molecule has 0 atom stereocenters. The van der Waals surface area contributed by atoms with E-state index in [2.05, 4.69) is 26.6 Å². The van der Waals surface area contributed by atoms with Gasteiger partial charge in [-0.2, -0.15) is 0 Å². The largest absolute Gasteiger partial charge is 0.325 e. The lowest BCUT2D eigenvalue weighted by Gasteiger charge is -2.09. The molecule has 4 nitrogen and oxygen atoms in total. The zero-order valence-corrected chi connectivity index (χ0v) is 13.8. The van der Waals surface area contributed by atoms with Gasteiger partial charge < -0.3 is 10.6 Å². The molecule has 0 aliphatic carbocycles. The molecule has 0 bridgehead atoms. The molecule has 0 saturated carbocycles. The summed E-state index contributed by atoms with van der Waals surface area (Å²) in [5, 5.41) is 5.46. The van der Waals surface area contributed by atoms with Crippen LogP contribution in [0.3, 0.4) is 0 Å². The SMILES string of the molecule is CC(=O)Nc1ccc(NC(=O)c2cc(F)cc(Br)c2)cc1Cl. The average molecular weight is 386 g/mol. The van der Waals surface area contributed by atoms with Crippen molar-refractivity contribution in [2.24, 2.45) is 0 Å². The molecule has 2 amide bonds. The van der Waals surface area contributed by atoms with E-state index in [-0.39, 0.29) is 16.5 Å². The molecule has 0 spiro atoms. The van der Waals surface area contributed by atoms with Gasteiger partial charge in [-0.05, 0) is 36.4 Å². The first kappa shape index (κ1) is 16.5. The number of carbonyl (C=O) groups is 2. The van der Waals surface area contributed by atoms with Gasteiger partial charge >= 0.3 is 0 Å². The zero-order chi connectivity index (χ0) is 16.3. The van der Waals surface area contributed by atoms with Gasteiger partial charge in [-0.25, -0.2) is 4.39 Å². The van der Waals surface area contributed by atoms with Crippen molar-refractivity contribution in [3.8, 4) is 0 Å². The van der Waals surface area contributed by atoms with Crippen LogP contribution < -0.4 is 10.6 Å². The van der Waals surface area contributed by atoms with Crippen LogP contribution in [0.2, 0.25) is 5.02 Å². The Morgan fingerprint density at radius 3 is 2.45 bits per heavy atom. The highest BCUT2D eigenvalue weighted by Crippen LogP contribution is 2.26. The first-order chi connectivity index (χ1) is 10.3. The van der Waals surface area contributed by atoms with Crippen LogP contribution in [0, 0.1) is 5.82 Å². The van der Waals surface area contributed by atoms with Crippen molar-refractivity contribution in [3.63, 3.8) is 0 Å². The van der Waals surface area contributed by atoms with Crippen molar-refractivity contribution in [2.45, 2.75) is 6.92 Å². The van der Waals surface area contributed by atoms with E-state index in [0.29, 0.717) is 15.8 Å². The Morgan fingerprint density at radius 2 is 1.86 bits per heavy atom. The molecule has 2 N–H and O–H groups in total. The Morgan fingerprint density at radius 1 is 1.14 bits per heavy atom. The molecule has 0 radical (unpaired) electrons. The fraction of sp³-hybridized carbons (Fsp3) is 0.0667. The highest BCUT2D eigenvalue weighted by molar-refractivity contribution is 9.10. The van der Waals surface area contributed by atoms with Crippen molar-refractivity contribution in [3.05, 3.63) is 57.3 Å². The van der Waals surface area contributed by atoms with Gasteiger partial charge in [0.05, 0.1) is 10.7 Å². The van der Waals surface area contributed by atoms with E-state index < -0.39 is 11.7 Å². The molecule has 22 heavy (non-hydrogen) atoms. The van der Waals surface area contributed by atoms with Crippen LogP contribution in [0.1, 0.15) is 17.3 Å². The molecule has 0 heterocycles. The topological polar surface area (TPSA) is 58.2 Å². The Hall–Kier alpha value is -1.92. The molecule has 0 unspecified atom stereocenters. The standard InChI is InChI=1S/C15H11BrClFN2O2/c1-8(21)19-14-3-2-12(7-13(14)17)20-15(22)9-4-10(16)6-11(18)5-9/h2-7H,1H3,(H,19,21)(H,20,22). The molecule has 7 heteroatoms. The monoisotopic (exact) mass is 384 g/mol. The van der Waals surface area contributed by atoms with Crippen LogP contribution in [0.4, 0.5) is 15.8 Å². The summed E-state index contributed by atoms with van der Waals surface area (Å²) in [7, 11) is 0. The first-order valence-electron chi connectivity index (χ1n) is 6.20. The molecule has 0 aliphatic heterocycles. The highest BCUT2D eigenvalue weighted by Gasteiger charge is 2.10. The summed E-state index contributed by atoms with van der Waals surface area (Å²) in [6.07, 6.45) is 0. The van der Waals surface area contributed by atoms with E-state index >= 15 is 0 Å². The zero-order valence-electron chi connectivity index (χ0n) is 11.4. The number of halogens is 3. The molecule has 0 aromatic heterocycles. The molecule has 2 aromatic rings. The third kappa shape index (κ3) is 4.29. The smallest absolute Gasteiger partial charge is 0.255 e. The van der Waals surface area contributed by atoms with E-state index in [1.54, 1.807) is 12.1 Å². The molecule has 0 fully saturated rings. The second kappa shape index (κ2) is 6.89. The Labute approximate surface area is 139 Å². The second-order valence-electron chi connectivity index (χ2n) is 4.49. The van der Waals surface area contributed by atoms with Gasteiger partial charge in [0.1, 0.15) is 5.82 Å². The van der Waals surface area contributed by atoms with Gasteiger partial charge in [-0.1, -0.05) is 27.5 Å². The predicted molar refractivity (Wildman–Crippen MR) is 87.8 cm³/mol. The number of rotatable bonds is 3. The molecular weight excluding hydrogens is 375 g/mol. The van der Waals surface area contributed by atoms with Crippen molar-refractivity contribution in [1.82, 2.24) is 0 Å². The highest BCUT2D eigenvalue weighted by atomic mass is 79.9. The average Bonchev–Trinajstić information content (AvgIpc) is 2.40. The molecule has 2 aromatic carbocycles. The summed E-state index contributed by atoms with van der Waals surface area (Å²) in [6.45, 7) is 1.37. The van der Waals surface area contributed by atoms with E-state index in [4.69, 9.17) is 11.6 Å². The molecule has 0 saturated heterocycles. The molecule has 0 aliphatic rings. The maximum Gasteiger partial charge on any atom is 0.255 e. The molecule has 2 rings (SSSR count). The normalized spacial score (nSPS) is 10.2. The second-order valence-corrected chi connectivity index (χ2v) is 5.81. The van der Waals surface area contributed by atoms with Gasteiger partial charge in [-0.15, -0.1) is 0 Å². The van der Waals surface area contributed by atoms with Gasteiger partial charge in [0.15, 0.2) is 0 Å². The number of nitrogens with one attached hydrogen (secondary N) is 2. The number of amides is 2. The van der Waals surface area contributed by atoms with Gasteiger partial charge in [0.25, 0.3) is 5.91 Å². The summed E-state index contributed by atoms with van der Waals surface area (Å²) in [6, 6.07) is 8.55. The first-order valence-corrected chi connectivity index (χ1v) is 7.37. The van der Waals surface area contributed by atoms with Crippen molar-refractivity contribution >= 4 is 50.7 Å². The van der Waals surface area contributed by atoms with Crippen molar-refractivity contribution in [1.29, 1.82) is 0 Å².